The van der Waals surface area contributed by atoms with Crippen LogP contribution in [0.15, 0.2) is 17.1 Å². The van der Waals surface area contributed by atoms with Gasteiger partial charge in [0.15, 0.2) is 5.96 Å². The Bertz CT molecular complexity index is 609. The van der Waals surface area contributed by atoms with Gasteiger partial charge in [0.25, 0.3) is 0 Å². The third-order valence-corrected chi connectivity index (χ3v) is 6.44. The van der Waals surface area contributed by atoms with Gasteiger partial charge in [0.1, 0.15) is 5.75 Å². The molecule has 6 heteroatoms. The van der Waals surface area contributed by atoms with E-state index in [2.05, 4.69) is 27.9 Å². The van der Waals surface area contributed by atoms with Gasteiger partial charge in [0, 0.05) is 30.4 Å². The number of aliphatic imine (C=N–C) groups is 1. The molecule has 0 bridgehead atoms. The number of fused-ring (bicyclic) bond motifs is 1. The Balaban J connectivity index is 0.00000225. The van der Waals surface area contributed by atoms with Gasteiger partial charge in [-0.3, -0.25) is 4.99 Å². The van der Waals surface area contributed by atoms with Gasteiger partial charge in [-0.15, -0.1) is 24.0 Å². The number of nitrogens with zero attached hydrogens (tertiary/aromatic N) is 1. The van der Waals surface area contributed by atoms with Crippen LogP contribution in [0, 0.1) is 0 Å². The predicted molar refractivity (Wildman–Crippen MR) is 118 cm³/mol. The lowest BCUT2D eigenvalue weighted by molar-refractivity contribution is 0.463. The summed E-state index contributed by atoms with van der Waals surface area (Å²) in [6.45, 7) is 0.632. The third-order valence-electron chi connectivity index (χ3n) is 5.34. The lowest BCUT2D eigenvalue weighted by atomic mass is 9.88. The van der Waals surface area contributed by atoms with Gasteiger partial charge in [0.05, 0.1) is 0 Å². The van der Waals surface area contributed by atoms with E-state index in [1.165, 1.54) is 43.2 Å². The topological polar surface area (TPSA) is 56.7 Å². The highest BCUT2D eigenvalue weighted by molar-refractivity contribution is 14.0. The molecule has 0 saturated heterocycles. The van der Waals surface area contributed by atoms with Gasteiger partial charge in [-0.1, -0.05) is 6.07 Å². The first-order valence-electron chi connectivity index (χ1n) is 9.03. The first kappa shape index (κ1) is 20.7. The number of guanidine groups is 1. The fourth-order valence-electron chi connectivity index (χ4n) is 3.93. The Morgan fingerprint density at radius 2 is 2.08 bits per heavy atom. The van der Waals surface area contributed by atoms with Crippen molar-refractivity contribution >= 4 is 41.7 Å². The Morgan fingerprint density at radius 3 is 2.80 bits per heavy atom. The van der Waals surface area contributed by atoms with E-state index in [1.807, 2.05) is 24.9 Å². The van der Waals surface area contributed by atoms with E-state index in [9.17, 15) is 5.11 Å². The maximum Gasteiger partial charge on any atom is 0.191 e. The highest BCUT2D eigenvalue weighted by Crippen LogP contribution is 2.30. The zero-order valence-electron chi connectivity index (χ0n) is 15.2. The first-order valence-corrected chi connectivity index (χ1v) is 10.3. The van der Waals surface area contributed by atoms with Gasteiger partial charge in [-0.2, -0.15) is 11.8 Å². The molecule has 0 aliphatic heterocycles. The molecule has 25 heavy (non-hydrogen) atoms. The smallest absolute Gasteiger partial charge is 0.191 e. The van der Waals surface area contributed by atoms with E-state index in [0.717, 1.165) is 29.6 Å². The summed E-state index contributed by atoms with van der Waals surface area (Å²) in [6, 6.07) is 4.44. The van der Waals surface area contributed by atoms with E-state index in [4.69, 9.17) is 0 Å². The highest BCUT2D eigenvalue weighted by Gasteiger charge is 2.24. The average molecular weight is 475 g/mol. The van der Waals surface area contributed by atoms with Crippen LogP contribution in [0.2, 0.25) is 0 Å². The number of aromatic hydroxyl groups is 1. The lowest BCUT2D eigenvalue weighted by Gasteiger charge is -2.22. The summed E-state index contributed by atoms with van der Waals surface area (Å²) >= 11 is 1.97. The second-order valence-electron chi connectivity index (χ2n) is 6.85. The maximum absolute atomic E-state index is 10.3. The number of phenolic OH excluding ortho intramolecular Hbond substituents is 1. The quantitative estimate of drug-likeness (QED) is 0.352. The van der Waals surface area contributed by atoms with E-state index >= 15 is 0 Å². The molecule has 140 valence electrons. The number of rotatable bonds is 4. The summed E-state index contributed by atoms with van der Waals surface area (Å²) in [4.78, 5) is 4.37. The number of hydrogen-bond donors (Lipinski definition) is 3. The summed E-state index contributed by atoms with van der Waals surface area (Å²) in [5.41, 5.74) is 3.79. The highest BCUT2D eigenvalue weighted by atomic mass is 127. The minimum absolute atomic E-state index is 0. The largest absolute Gasteiger partial charge is 0.508 e. The Labute approximate surface area is 172 Å². The number of aryl methyl sites for hydroxylation is 1. The molecule has 0 radical (unpaired) electrons. The first-order chi connectivity index (χ1) is 11.7. The Hall–Kier alpha value is -0.630. The fraction of sp³-hybridized carbons (Fsp3) is 0.632. The molecule has 1 aromatic rings. The summed E-state index contributed by atoms with van der Waals surface area (Å²) in [7, 11) is 1.82. The molecule has 1 fully saturated rings. The number of phenols is 1. The lowest BCUT2D eigenvalue weighted by Crippen LogP contribution is -2.42. The zero-order chi connectivity index (χ0) is 16.9. The summed E-state index contributed by atoms with van der Waals surface area (Å²) in [6.07, 6.45) is 10.6. The molecule has 1 aromatic carbocycles. The molecule has 0 spiro atoms. The summed E-state index contributed by atoms with van der Waals surface area (Å²) in [5.74, 6) is 1.25. The van der Waals surface area contributed by atoms with Gasteiger partial charge < -0.3 is 15.7 Å². The Kier molecular flexibility index (Phi) is 8.19. The molecule has 2 aliphatic carbocycles. The molecule has 3 rings (SSSR count). The van der Waals surface area contributed by atoms with Crippen LogP contribution in [0.3, 0.4) is 0 Å². The standard InChI is InChI=1S/C19H29N3OS.HI/c1-20-19(22-14-8-9-15(11-14)24-2)21-12-17-16-6-4-3-5-13(16)7-10-18(17)23;/h7,10,14-15,23H,3-6,8-9,11-12H2,1-2H3,(H2,20,21,22);1H. The number of thioether (sulfide) groups is 1. The van der Waals surface area contributed by atoms with Crippen molar-refractivity contribution in [2.45, 2.75) is 62.8 Å². The average Bonchev–Trinajstić information content (AvgIpc) is 3.07. The van der Waals surface area contributed by atoms with Crippen molar-refractivity contribution in [1.29, 1.82) is 0 Å². The maximum atomic E-state index is 10.3. The minimum Gasteiger partial charge on any atom is -0.508 e. The van der Waals surface area contributed by atoms with Crippen LogP contribution in [-0.2, 0) is 19.4 Å². The number of nitrogens with one attached hydrogen (secondary N) is 2. The van der Waals surface area contributed by atoms with E-state index in [0.29, 0.717) is 18.3 Å². The molecule has 0 aromatic heterocycles. The van der Waals surface area contributed by atoms with Crippen LogP contribution in [0.5, 0.6) is 5.75 Å². The third kappa shape index (κ3) is 5.18. The van der Waals surface area contributed by atoms with Crippen molar-refractivity contribution in [3.8, 4) is 5.75 Å². The van der Waals surface area contributed by atoms with E-state index in [1.54, 1.807) is 0 Å². The summed E-state index contributed by atoms with van der Waals surface area (Å²) in [5, 5.41) is 18.0. The van der Waals surface area contributed by atoms with Crippen LogP contribution in [0.25, 0.3) is 0 Å². The molecule has 4 nitrogen and oxygen atoms in total. The number of hydrogen-bond acceptors (Lipinski definition) is 3. The van der Waals surface area contributed by atoms with Crippen molar-refractivity contribution in [2.24, 2.45) is 4.99 Å². The molecular formula is C19H30IN3OS. The molecule has 2 unspecified atom stereocenters. The monoisotopic (exact) mass is 475 g/mol. The molecule has 0 amide bonds. The number of benzene rings is 1. The second kappa shape index (κ2) is 9.90. The van der Waals surface area contributed by atoms with Gasteiger partial charge in [-0.05, 0) is 68.4 Å². The molecule has 1 saturated carbocycles. The molecule has 0 heterocycles. The number of halogens is 1. The molecule has 2 atom stereocenters. The van der Waals surface area contributed by atoms with Crippen molar-refractivity contribution in [3.63, 3.8) is 0 Å². The normalized spacial score (nSPS) is 22.9. The molecular weight excluding hydrogens is 445 g/mol. The molecule has 2 aliphatic rings. The fourth-order valence-corrected chi connectivity index (χ4v) is 4.73. The predicted octanol–water partition coefficient (Wildman–Crippen LogP) is 3.84. The van der Waals surface area contributed by atoms with Crippen LogP contribution in [0.4, 0.5) is 0 Å². The minimum atomic E-state index is 0. The van der Waals surface area contributed by atoms with Crippen LogP contribution < -0.4 is 10.6 Å². The van der Waals surface area contributed by atoms with Crippen LogP contribution in [-0.4, -0.2) is 35.7 Å². The summed E-state index contributed by atoms with van der Waals surface area (Å²) < 4.78 is 0. The van der Waals surface area contributed by atoms with Crippen molar-refractivity contribution in [3.05, 3.63) is 28.8 Å². The van der Waals surface area contributed by atoms with Gasteiger partial charge >= 0.3 is 0 Å². The van der Waals surface area contributed by atoms with Crippen LogP contribution in [0.1, 0.15) is 48.8 Å². The SMILES string of the molecule is CN=C(NCc1c(O)ccc2c1CCCC2)NC1CCC(SC)C1.I. The van der Waals surface area contributed by atoms with Gasteiger partial charge in [0.2, 0.25) is 0 Å². The Morgan fingerprint density at radius 1 is 1.28 bits per heavy atom. The van der Waals surface area contributed by atoms with Crippen molar-refractivity contribution in [1.82, 2.24) is 10.6 Å². The van der Waals surface area contributed by atoms with Crippen LogP contribution >= 0.6 is 35.7 Å². The van der Waals surface area contributed by atoms with Gasteiger partial charge in [-0.25, -0.2) is 0 Å². The zero-order valence-corrected chi connectivity index (χ0v) is 18.3. The van der Waals surface area contributed by atoms with E-state index < -0.39 is 0 Å². The van der Waals surface area contributed by atoms with Crippen molar-refractivity contribution in [2.75, 3.05) is 13.3 Å². The van der Waals surface area contributed by atoms with Crippen molar-refractivity contribution < 1.29 is 5.11 Å². The molecule has 3 N–H and O–H groups in total. The second-order valence-corrected chi connectivity index (χ2v) is 7.98. The van der Waals surface area contributed by atoms with E-state index in [-0.39, 0.29) is 24.0 Å².